The van der Waals surface area contributed by atoms with Crippen molar-refractivity contribution < 1.29 is 27.5 Å². The summed E-state index contributed by atoms with van der Waals surface area (Å²) in [5.41, 5.74) is 2.24. The monoisotopic (exact) mass is 405 g/mol. The van der Waals surface area contributed by atoms with Crippen molar-refractivity contribution in [3.63, 3.8) is 0 Å². The molecule has 0 amide bonds. The maximum atomic E-state index is 12.3. The van der Waals surface area contributed by atoms with Gasteiger partial charge in [-0.2, -0.15) is 0 Å². The molecule has 0 bridgehead atoms. The molecule has 28 heavy (non-hydrogen) atoms. The van der Waals surface area contributed by atoms with Gasteiger partial charge in [0.1, 0.15) is 5.75 Å². The molecule has 0 saturated carbocycles. The molecule has 0 aliphatic heterocycles. The molecule has 0 aliphatic rings. The molecule has 0 fully saturated rings. The summed E-state index contributed by atoms with van der Waals surface area (Å²) >= 11 is 0. The van der Waals surface area contributed by atoms with Gasteiger partial charge in [0.2, 0.25) is 10.0 Å². The van der Waals surface area contributed by atoms with Gasteiger partial charge in [-0.05, 0) is 61.4 Å². The molecule has 1 N–H and O–H groups in total. The fourth-order valence-electron chi connectivity index (χ4n) is 2.33. The molecular formula is C20H23NO6S. The Bertz CT molecular complexity index is 951. The highest BCUT2D eigenvalue weighted by Crippen LogP contribution is 2.14. The number of hydrogen-bond acceptors (Lipinski definition) is 6. The fraction of sp³-hybridized carbons (Fsp3) is 0.300. The molecule has 0 radical (unpaired) electrons. The number of sulfonamides is 1. The molecular weight excluding hydrogens is 382 g/mol. The Balaban J connectivity index is 1.80. The van der Waals surface area contributed by atoms with Crippen LogP contribution in [0.4, 0.5) is 0 Å². The first kappa shape index (κ1) is 21.6. The molecule has 150 valence electrons. The second-order valence-electron chi connectivity index (χ2n) is 6.21. The lowest BCUT2D eigenvalue weighted by Crippen LogP contribution is -2.27. The highest BCUT2D eigenvalue weighted by Gasteiger charge is 2.16. The first-order chi connectivity index (χ1) is 13.2. The van der Waals surface area contributed by atoms with Crippen molar-refractivity contribution in [3.8, 4) is 5.75 Å². The normalized spacial score (nSPS) is 11.1. The highest BCUT2D eigenvalue weighted by atomic mass is 32.2. The number of rotatable bonds is 9. The maximum absolute atomic E-state index is 12.3. The number of methoxy groups -OCH3 is 1. The number of Topliss-reactive ketones (excluding diaryl/α,β-unsaturated/α-hetero) is 1. The van der Waals surface area contributed by atoms with Gasteiger partial charge in [-0.25, -0.2) is 13.1 Å². The molecule has 2 rings (SSSR count). The number of hydrogen-bond donors (Lipinski definition) is 1. The third-order valence-corrected chi connectivity index (χ3v) is 5.64. The smallest absolute Gasteiger partial charge is 0.307 e. The average Bonchev–Trinajstić information content (AvgIpc) is 2.68. The molecule has 0 aliphatic carbocycles. The van der Waals surface area contributed by atoms with Gasteiger partial charge in [-0.15, -0.1) is 0 Å². The van der Waals surface area contributed by atoms with Crippen molar-refractivity contribution in [2.75, 3.05) is 20.3 Å². The number of ether oxygens (including phenoxy) is 2. The minimum Gasteiger partial charge on any atom is -0.497 e. The zero-order valence-corrected chi connectivity index (χ0v) is 16.8. The summed E-state index contributed by atoms with van der Waals surface area (Å²) in [6.45, 7) is 3.19. The van der Waals surface area contributed by atoms with E-state index in [0.29, 0.717) is 11.3 Å². The lowest BCUT2D eigenvalue weighted by atomic mass is 10.1. The van der Waals surface area contributed by atoms with E-state index in [1.165, 1.54) is 13.2 Å². The summed E-state index contributed by atoms with van der Waals surface area (Å²) in [5.74, 6) is -0.402. The van der Waals surface area contributed by atoms with E-state index in [4.69, 9.17) is 9.47 Å². The number of esters is 1. The third kappa shape index (κ3) is 5.90. The third-order valence-electron chi connectivity index (χ3n) is 4.19. The summed E-state index contributed by atoms with van der Waals surface area (Å²) in [5, 5.41) is 0. The van der Waals surface area contributed by atoms with Crippen LogP contribution in [0.5, 0.6) is 5.75 Å². The Labute approximate surface area is 164 Å². The van der Waals surface area contributed by atoms with Crippen LogP contribution in [0.25, 0.3) is 0 Å². The average molecular weight is 405 g/mol. The lowest BCUT2D eigenvalue weighted by molar-refractivity contribution is -0.142. The lowest BCUT2D eigenvalue weighted by Gasteiger charge is -2.09. The highest BCUT2D eigenvalue weighted by molar-refractivity contribution is 7.89. The van der Waals surface area contributed by atoms with Crippen LogP contribution >= 0.6 is 0 Å². The topological polar surface area (TPSA) is 98.8 Å². The van der Waals surface area contributed by atoms with Crippen LogP contribution in [0.15, 0.2) is 47.4 Å². The van der Waals surface area contributed by atoms with Crippen LogP contribution in [-0.4, -0.2) is 40.4 Å². The van der Waals surface area contributed by atoms with Gasteiger partial charge in [-0.3, -0.25) is 9.59 Å². The molecule has 0 heterocycles. The molecule has 7 nitrogen and oxygen atoms in total. The molecule has 0 atom stereocenters. The summed E-state index contributed by atoms with van der Waals surface area (Å²) < 4.78 is 36.8. The van der Waals surface area contributed by atoms with Crippen molar-refractivity contribution in [1.82, 2.24) is 4.72 Å². The van der Waals surface area contributed by atoms with E-state index >= 15 is 0 Å². The Morgan fingerprint density at radius 1 is 1.00 bits per heavy atom. The van der Waals surface area contributed by atoms with Crippen LogP contribution in [0.2, 0.25) is 0 Å². The van der Waals surface area contributed by atoms with E-state index in [0.717, 1.165) is 11.1 Å². The van der Waals surface area contributed by atoms with E-state index in [1.54, 1.807) is 36.4 Å². The van der Waals surface area contributed by atoms with Crippen molar-refractivity contribution in [2.45, 2.75) is 25.2 Å². The molecule has 0 saturated heterocycles. The zero-order valence-electron chi connectivity index (χ0n) is 16.0. The predicted molar refractivity (Wildman–Crippen MR) is 104 cm³/mol. The van der Waals surface area contributed by atoms with E-state index in [1.807, 2.05) is 13.8 Å². The van der Waals surface area contributed by atoms with E-state index in [-0.39, 0.29) is 23.6 Å². The molecule has 8 heteroatoms. The van der Waals surface area contributed by atoms with Gasteiger partial charge in [0.05, 0.1) is 18.4 Å². The Morgan fingerprint density at radius 2 is 1.68 bits per heavy atom. The van der Waals surface area contributed by atoms with Gasteiger partial charge in [0, 0.05) is 12.1 Å². The van der Waals surface area contributed by atoms with E-state index < -0.39 is 22.6 Å². The van der Waals surface area contributed by atoms with Gasteiger partial charge in [-0.1, -0.05) is 6.07 Å². The molecule has 0 spiro atoms. The largest absolute Gasteiger partial charge is 0.497 e. The van der Waals surface area contributed by atoms with Crippen molar-refractivity contribution in [1.29, 1.82) is 0 Å². The van der Waals surface area contributed by atoms with Crippen LogP contribution < -0.4 is 9.46 Å². The van der Waals surface area contributed by atoms with E-state index in [2.05, 4.69) is 4.72 Å². The van der Waals surface area contributed by atoms with Crippen LogP contribution in [-0.2, 0) is 19.6 Å². The van der Waals surface area contributed by atoms with Gasteiger partial charge >= 0.3 is 5.97 Å². The van der Waals surface area contributed by atoms with E-state index in [9.17, 15) is 18.0 Å². The summed E-state index contributed by atoms with van der Waals surface area (Å²) in [4.78, 5) is 23.9. The first-order valence-electron chi connectivity index (χ1n) is 8.63. The van der Waals surface area contributed by atoms with Crippen LogP contribution in [0.3, 0.4) is 0 Å². The number of nitrogens with one attached hydrogen (secondary N) is 1. The maximum Gasteiger partial charge on any atom is 0.307 e. The van der Waals surface area contributed by atoms with Gasteiger partial charge in [0.25, 0.3) is 0 Å². The number of carbonyl (C=O) groups is 2. The quantitative estimate of drug-likeness (QED) is 0.508. The van der Waals surface area contributed by atoms with Crippen LogP contribution in [0.1, 0.15) is 27.9 Å². The number of ketones is 1. The Hall–Kier alpha value is -2.71. The Kier molecular flexibility index (Phi) is 7.31. The minimum absolute atomic E-state index is 0.120. The molecule has 2 aromatic carbocycles. The standard InChI is InChI=1S/C20H23NO6S/c1-14-4-9-18(12-15(14)2)28(24,25)21-11-10-20(23)27-13-19(22)16-5-7-17(26-3)8-6-16/h4-9,12,21H,10-11,13H2,1-3H3. The molecule has 0 unspecified atom stereocenters. The number of carbonyl (C=O) groups excluding carboxylic acids is 2. The second kappa shape index (κ2) is 9.48. The zero-order chi connectivity index (χ0) is 20.7. The summed E-state index contributed by atoms with van der Waals surface area (Å²) in [6, 6.07) is 11.2. The molecule has 2 aromatic rings. The van der Waals surface area contributed by atoms with Crippen molar-refractivity contribution >= 4 is 21.8 Å². The minimum atomic E-state index is -3.71. The summed E-state index contributed by atoms with van der Waals surface area (Å²) in [7, 11) is -2.19. The number of aryl methyl sites for hydroxylation is 2. The summed E-state index contributed by atoms with van der Waals surface area (Å²) in [6.07, 6.45) is -0.181. The SMILES string of the molecule is COc1ccc(C(=O)COC(=O)CCNS(=O)(=O)c2ccc(C)c(C)c2)cc1. The molecule has 0 aromatic heterocycles. The van der Waals surface area contributed by atoms with Gasteiger partial charge < -0.3 is 9.47 Å². The van der Waals surface area contributed by atoms with Crippen LogP contribution in [0, 0.1) is 13.8 Å². The number of benzene rings is 2. The Morgan fingerprint density at radius 3 is 2.29 bits per heavy atom. The predicted octanol–water partition coefficient (Wildman–Crippen LogP) is 2.41. The van der Waals surface area contributed by atoms with Crippen molar-refractivity contribution in [3.05, 3.63) is 59.2 Å². The second-order valence-corrected chi connectivity index (χ2v) is 7.97. The fourth-order valence-corrected chi connectivity index (χ4v) is 3.45. The van der Waals surface area contributed by atoms with Gasteiger partial charge in [0.15, 0.2) is 12.4 Å². The van der Waals surface area contributed by atoms with Crippen molar-refractivity contribution in [2.24, 2.45) is 0 Å². The first-order valence-corrected chi connectivity index (χ1v) is 10.1.